The zero-order valence-corrected chi connectivity index (χ0v) is 19.2. The highest BCUT2D eigenvalue weighted by molar-refractivity contribution is 7.10. The van der Waals surface area contributed by atoms with Gasteiger partial charge in [0.15, 0.2) is 0 Å². The minimum absolute atomic E-state index is 0.0436. The minimum atomic E-state index is -0.353. The predicted octanol–water partition coefficient (Wildman–Crippen LogP) is 5.19. The maximum atomic E-state index is 14.0. The van der Waals surface area contributed by atoms with Gasteiger partial charge < -0.3 is 9.80 Å². The van der Waals surface area contributed by atoms with Gasteiger partial charge in [-0.3, -0.25) is 9.59 Å². The van der Waals surface area contributed by atoms with Crippen LogP contribution in [0.15, 0.2) is 41.8 Å². The Bertz CT molecular complexity index is 898. The average Bonchev–Trinajstić information content (AvgIpc) is 3.22. The molecule has 0 aliphatic carbocycles. The molecule has 1 aromatic carbocycles. The summed E-state index contributed by atoms with van der Waals surface area (Å²) in [6.07, 6.45) is 1.16. The Labute approximate surface area is 183 Å². The van der Waals surface area contributed by atoms with E-state index in [4.69, 9.17) is 0 Å². The number of likely N-dealkylation sites (tertiary alicyclic amines) is 1. The summed E-state index contributed by atoms with van der Waals surface area (Å²) in [6.45, 7) is 11.0. The number of thiophene rings is 1. The highest BCUT2D eigenvalue weighted by Crippen LogP contribution is 2.45. The molecule has 0 N–H and O–H groups in total. The first-order chi connectivity index (χ1) is 14.4. The summed E-state index contributed by atoms with van der Waals surface area (Å²) in [5.41, 5.74) is 1.57. The molecule has 30 heavy (non-hydrogen) atoms. The fourth-order valence-electron chi connectivity index (χ4n) is 5.27. The molecular weight excluding hydrogens is 392 g/mol. The molecule has 2 aliphatic heterocycles. The summed E-state index contributed by atoms with van der Waals surface area (Å²) in [6, 6.07) is 11.6. The van der Waals surface area contributed by atoms with E-state index in [2.05, 4.69) is 38.7 Å². The lowest BCUT2D eigenvalue weighted by Crippen LogP contribution is -2.51. The second-order valence-electron chi connectivity index (χ2n) is 9.57. The van der Waals surface area contributed by atoms with Gasteiger partial charge in [-0.05, 0) is 47.3 Å². The molecule has 1 saturated heterocycles. The summed E-state index contributed by atoms with van der Waals surface area (Å²) >= 11 is 1.64. The summed E-state index contributed by atoms with van der Waals surface area (Å²) in [7, 11) is 0. The van der Waals surface area contributed by atoms with Gasteiger partial charge >= 0.3 is 0 Å². The maximum absolute atomic E-state index is 14.0. The number of fused-ring (bicyclic) bond motifs is 1. The number of carbonyl (C=O) groups is 2. The van der Waals surface area contributed by atoms with Crippen molar-refractivity contribution >= 4 is 23.2 Å². The summed E-state index contributed by atoms with van der Waals surface area (Å²) in [5, 5.41) is 2.04. The first-order valence-electron chi connectivity index (χ1n) is 11.1. The van der Waals surface area contributed by atoms with E-state index in [0.29, 0.717) is 29.9 Å². The molecule has 4 atom stereocenters. The number of hydrogen-bond acceptors (Lipinski definition) is 3. The van der Waals surface area contributed by atoms with Crippen molar-refractivity contribution in [1.82, 2.24) is 9.80 Å². The van der Waals surface area contributed by atoms with Crippen molar-refractivity contribution in [3.63, 3.8) is 0 Å². The van der Waals surface area contributed by atoms with E-state index in [0.717, 1.165) is 30.0 Å². The van der Waals surface area contributed by atoms with E-state index in [9.17, 15) is 9.59 Å². The highest BCUT2D eigenvalue weighted by atomic mass is 32.1. The number of carbonyl (C=O) groups excluding carboxylic acids is 2. The lowest BCUT2D eigenvalue weighted by Gasteiger charge is -2.45. The van der Waals surface area contributed by atoms with Crippen molar-refractivity contribution < 1.29 is 9.59 Å². The first kappa shape index (κ1) is 21.1. The van der Waals surface area contributed by atoms with E-state index in [1.807, 2.05) is 40.6 Å². The smallest absolute Gasteiger partial charge is 0.254 e. The lowest BCUT2D eigenvalue weighted by molar-refractivity contribution is -0.137. The highest BCUT2D eigenvalue weighted by Gasteiger charge is 2.46. The van der Waals surface area contributed by atoms with Crippen LogP contribution in [0.4, 0.5) is 0 Å². The van der Waals surface area contributed by atoms with E-state index in [1.54, 1.807) is 11.3 Å². The van der Waals surface area contributed by atoms with Crippen LogP contribution in [0.2, 0.25) is 0 Å². The molecular formula is C25H32N2O2S. The lowest BCUT2D eigenvalue weighted by atomic mass is 9.80. The Morgan fingerprint density at radius 3 is 2.43 bits per heavy atom. The third kappa shape index (κ3) is 3.92. The molecule has 2 amide bonds. The third-order valence-electron chi connectivity index (χ3n) is 6.28. The van der Waals surface area contributed by atoms with Crippen LogP contribution in [0.3, 0.4) is 0 Å². The summed E-state index contributed by atoms with van der Waals surface area (Å²) < 4.78 is 0. The van der Waals surface area contributed by atoms with Gasteiger partial charge in [0.1, 0.15) is 0 Å². The van der Waals surface area contributed by atoms with Crippen LogP contribution < -0.4 is 0 Å². The predicted molar refractivity (Wildman–Crippen MR) is 122 cm³/mol. The Hall–Kier alpha value is -2.14. The van der Waals surface area contributed by atoms with Crippen molar-refractivity contribution in [2.75, 3.05) is 19.6 Å². The molecule has 3 heterocycles. The second kappa shape index (κ2) is 8.54. The fraction of sp³-hybridized carbons (Fsp3) is 0.520. The zero-order chi connectivity index (χ0) is 21.4. The first-order valence-corrected chi connectivity index (χ1v) is 12.0. The van der Waals surface area contributed by atoms with Gasteiger partial charge in [0, 0.05) is 30.1 Å². The third-order valence-corrected chi connectivity index (χ3v) is 7.22. The standard InChI is InChI=1S/C25H32N2O2S/c1-16(2)13-27-23(21-10-7-11-30-21)22(19-8-5-6-9-20(19)24(27)28)25(29)26-14-17(3)12-18(4)15-26/h5-11,16-18,22-23H,12-15H2,1-4H3/t17-,18-,22+,23-/m1/s1. The van der Waals surface area contributed by atoms with Crippen LogP contribution in [0, 0.1) is 17.8 Å². The normalized spacial score (nSPS) is 26.8. The number of benzene rings is 1. The number of piperidine rings is 1. The molecule has 1 aromatic heterocycles. The van der Waals surface area contributed by atoms with Crippen molar-refractivity contribution in [3.8, 4) is 0 Å². The largest absolute Gasteiger partial charge is 0.342 e. The van der Waals surface area contributed by atoms with Gasteiger partial charge in [-0.2, -0.15) is 0 Å². The van der Waals surface area contributed by atoms with E-state index >= 15 is 0 Å². The van der Waals surface area contributed by atoms with Crippen LogP contribution in [-0.2, 0) is 4.79 Å². The van der Waals surface area contributed by atoms with Crippen LogP contribution in [-0.4, -0.2) is 41.2 Å². The second-order valence-corrected chi connectivity index (χ2v) is 10.5. The molecule has 0 saturated carbocycles. The number of nitrogens with zero attached hydrogens (tertiary/aromatic N) is 2. The van der Waals surface area contributed by atoms with Gasteiger partial charge in [0.2, 0.25) is 5.91 Å². The molecule has 160 valence electrons. The van der Waals surface area contributed by atoms with E-state index in [1.165, 1.54) is 0 Å². The molecule has 0 spiro atoms. The summed E-state index contributed by atoms with van der Waals surface area (Å²) in [4.78, 5) is 32.7. The molecule has 1 fully saturated rings. The van der Waals surface area contributed by atoms with Gasteiger partial charge in [-0.15, -0.1) is 11.3 Å². The zero-order valence-electron chi connectivity index (χ0n) is 18.4. The van der Waals surface area contributed by atoms with Gasteiger partial charge in [0.25, 0.3) is 5.91 Å². The molecule has 0 unspecified atom stereocenters. The number of hydrogen-bond donors (Lipinski definition) is 0. The quantitative estimate of drug-likeness (QED) is 0.678. The Balaban J connectivity index is 1.82. The van der Waals surface area contributed by atoms with Crippen molar-refractivity contribution in [3.05, 3.63) is 57.8 Å². The van der Waals surface area contributed by atoms with Crippen LogP contribution >= 0.6 is 11.3 Å². The van der Waals surface area contributed by atoms with Gasteiger partial charge in [-0.25, -0.2) is 0 Å². The number of amides is 2. The van der Waals surface area contributed by atoms with Gasteiger partial charge in [0.05, 0.1) is 12.0 Å². The molecule has 4 nitrogen and oxygen atoms in total. The fourth-order valence-corrected chi connectivity index (χ4v) is 6.14. The molecule has 2 aliphatic rings. The Morgan fingerprint density at radius 1 is 1.10 bits per heavy atom. The monoisotopic (exact) mass is 424 g/mol. The van der Waals surface area contributed by atoms with Crippen molar-refractivity contribution in [1.29, 1.82) is 0 Å². The molecule has 0 bridgehead atoms. The number of rotatable bonds is 4. The average molecular weight is 425 g/mol. The van der Waals surface area contributed by atoms with Crippen molar-refractivity contribution in [2.24, 2.45) is 17.8 Å². The minimum Gasteiger partial charge on any atom is -0.342 e. The maximum Gasteiger partial charge on any atom is 0.254 e. The summed E-state index contributed by atoms with van der Waals surface area (Å²) in [5.74, 6) is 1.19. The Morgan fingerprint density at radius 2 is 1.80 bits per heavy atom. The Kier molecular flexibility index (Phi) is 6.01. The molecule has 4 rings (SSSR count). The topological polar surface area (TPSA) is 40.6 Å². The van der Waals surface area contributed by atoms with Gasteiger partial charge in [-0.1, -0.05) is 52.0 Å². The van der Waals surface area contributed by atoms with Crippen LogP contribution in [0.25, 0.3) is 0 Å². The van der Waals surface area contributed by atoms with Crippen molar-refractivity contribution in [2.45, 2.75) is 46.1 Å². The van der Waals surface area contributed by atoms with Crippen LogP contribution in [0.5, 0.6) is 0 Å². The molecule has 5 heteroatoms. The molecule has 0 radical (unpaired) electrons. The van der Waals surface area contributed by atoms with Crippen LogP contribution in [0.1, 0.15) is 66.9 Å². The SMILES string of the molecule is CC(C)CN1C(=O)c2ccccc2[C@H](C(=O)N2C[C@H](C)C[C@@H](C)C2)[C@H]1c1cccs1. The molecule has 2 aromatic rings. The van der Waals surface area contributed by atoms with E-state index < -0.39 is 0 Å². The van der Waals surface area contributed by atoms with E-state index in [-0.39, 0.29) is 23.8 Å².